The molecule has 3 rings (SSSR count). The van der Waals surface area contributed by atoms with Crippen LogP contribution in [0, 0.1) is 0 Å². The predicted molar refractivity (Wildman–Crippen MR) is 77.0 cm³/mol. The van der Waals surface area contributed by atoms with E-state index in [4.69, 9.17) is 5.73 Å². The second kappa shape index (κ2) is 4.80. The van der Waals surface area contributed by atoms with Crippen LogP contribution in [0.3, 0.4) is 0 Å². The van der Waals surface area contributed by atoms with Crippen LogP contribution in [0.2, 0.25) is 0 Å². The van der Waals surface area contributed by atoms with Gasteiger partial charge in [-0.3, -0.25) is 4.79 Å². The molecule has 1 unspecified atom stereocenters. The highest BCUT2D eigenvalue weighted by molar-refractivity contribution is 5.98. The van der Waals surface area contributed by atoms with E-state index >= 15 is 0 Å². The van der Waals surface area contributed by atoms with Crippen molar-refractivity contribution in [1.29, 1.82) is 0 Å². The summed E-state index contributed by atoms with van der Waals surface area (Å²) in [5.74, 6) is -0.0462. The summed E-state index contributed by atoms with van der Waals surface area (Å²) >= 11 is 0. The number of nitrogen functional groups attached to an aromatic ring is 1. The molecule has 98 valence electrons. The minimum absolute atomic E-state index is 0.0462. The average Bonchev–Trinajstić information content (AvgIpc) is 2.83. The molecule has 1 atom stereocenters. The number of hydrogen-bond donors (Lipinski definition) is 3. The molecule has 1 aromatic carbocycles. The van der Waals surface area contributed by atoms with Crippen molar-refractivity contribution in [2.24, 2.45) is 0 Å². The van der Waals surface area contributed by atoms with E-state index in [1.807, 2.05) is 24.3 Å². The third-order valence-electron chi connectivity index (χ3n) is 3.49. The number of hydrogen-bond acceptors (Lipinski definition) is 2. The van der Waals surface area contributed by atoms with Crippen LogP contribution in [0.25, 0.3) is 10.9 Å². The number of rotatable bonds is 2. The largest absolute Gasteiger partial charge is 0.399 e. The Balaban J connectivity index is 1.79. The third kappa shape index (κ3) is 2.47. The van der Waals surface area contributed by atoms with Crippen LogP contribution >= 0.6 is 0 Å². The number of allylic oxidation sites excluding steroid dienone is 1. The number of fused-ring (bicyclic) bond motifs is 1. The number of carbonyl (C=O) groups is 1. The summed E-state index contributed by atoms with van der Waals surface area (Å²) in [5, 5.41) is 4.02. The summed E-state index contributed by atoms with van der Waals surface area (Å²) in [6.45, 7) is 0. The number of anilines is 1. The van der Waals surface area contributed by atoms with Crippen LogP contribution in [0.1, 0.15) is 29.8 Å². The molecule has 0 saturated carbocycles. The summed E-state index contributed by atoms with van der Waals surface area (Å²) < 4.78 is 0. The normalized spacial score (nSPS) is 18.6. The highest BCUT2D eigenvalue weighted by Crippen LogP contribution is 2.19. The molecule has 0 spiro atoms. The lowest BCUT2D eigenvalue weighted by molar-refractivity contribution is 0.0930. The van der Waals surface area contributed by atoms with E-state index in [-0.39, 0.29) is 11.9 Å². The van der Waals surface area contributed by atoms with Gasteiger partial charge in [0.15, 0.2) is 0 Å². The number of benzene rings is 1. The Morgan fingerprint density at radius 1 is 1.32 bits per heavy atom. The molecule has 1 aliphatic carbocycles. The minimum Gasteiger partial charge on any atom is -0.399 e. The maximum absolute atomic E-state index is 12.2. The number of nitrogens with two attached hydrogens (primary N) is 1. The van der Waals surface area contributed by atoms with Crippen LogP contribution in [-0.2, 0) is 0 Å². The molecule has 1 aromatic heterocycles. The first-order valence-corrected chi connectivity index (χ1v) is 6.56. The van der Waals surface area contributed by atoms with E-state index in [1.165, 1.54) is 0 Å². The number of aromatic amines is 1. The second-order valence-corrected chi connectivity index (χ2v) is 4.98. The van der Waals surface area contributed by atoms with Crippen LogP contribution in [-0.4, -0.2) is 16.9 Å². The highest BCUT2D eigenvalue weighted by Gasteiger charge is 2.15. The van der Waals surface area contributed by atoms with E-state index in [9.17, 15) is 4.79 Å². The molecule has 1 amide bonds. The van der Waals surface area contributed by atoms with Crippen LogP contribution in [0.4, 0.5) is 5.69 Å². The van der Waals surface area contributed by atoms with Crippen LogP contribution in [0.15, 0.2) is 36.4 Å². The Hall–Kier alpha value is -2.23. The monoisotopic (exact) mass is 255 g/mol. The van der Waals surface area contributed by atoms with Gasteiger partial charge in [-0.25, -0.2) is 0 Å². The molecule has 4 nitrogen and oxygen atoms in total. The first kappa shape index (κ1) is 11.8. The van der Waals surface area contributed by atoms with E-state index in [1.54, 1.807) is 0 Å². The Labute approximate surface area is 111 Å². The fourth-order valence-corrected chi connectivity index (χ4v) is 2.46. The fourth-order valence-electron chi connectivity index (χ4n) is 2.46. The van der Waals surface area contributed by atoms with Crippen molar-refractivity contribution in [2.45, 2.75) is 25.3 Å². The van der Waals surface area contributed by atoms with Gasteiger partial charge in [-0.2, -0.15) is 0 Å². The van der Waals surface area contributed by atoms with Gasteiger partial charge in [-0.1, -0.05) is 12.2 Å². The van der Waals surface area contributed by atoms with E-state index in [0.717, 1.165) is 30.2 Å². The molecule has 1 aliphatic rings. The molecule has 0 saturated heterocycles. The van der Waals surface area contributed by atoms with Crippen LogP contribution in [0.5, 0.6) is 0 Å². The van der Waals surface area contributed by atoms with Crippen LogP contribution < -0.4 is 11.1 Å². The van der Waals surface area contributed by atoms with Crippen molar-refractivity contribution in [3.8, 4) is 0 Å². The standard InChI is InChI=1S/C15H17N3O/c16-11-6-7-13-10(8-11)9-14(18-13)15(19)17-12-4-2-1-3-5-12/h1-2,6-9,12,18H,3-5,16H2,(H,17,19). The number of nitrogens with one attached hydrogen (secondary N) is 2. The molecular weight excluding hydrogens is 238 g/mol. The third-order valence-corrected chi connectivity index (χ3v) is 3.49. The number of amides is 1. The lowest BCUT2D eigenvalue weighted by Gasteiger charge is -2.18. The molecule has 0 fully saturated rings. The van der Waals surface area contributed by atoms with Crippen molar-refractivity contribution in [1.82, 2.24) is 10.3 Å². The summed E-state index contributed by atoms with van der Waals surface area (Å²) in [6, 6.07) is 7.68. The fraction of sp³-hybridized carbons (Fsp3) is 0.267. The quantitative estimate of drug-likeness (QED) is 0.570. The van der Waals surface area contributed by atoms with Gasteiger partial charge < -0.3 is 16.0 Å². The second-order valence-electron chi connectivity index (χ2n) is 4.98. The molecule has 2 aromatic rings. The van der Waals surface area contributed by atoms with Gasteiger partial charge in [-0.15, -0.1) is 0 Å². The van der Waals surface area contributed by atoms with Crippen molar-refractivity contribution >= 4 is 22.5 Å². The highest BCUT2D eigenvalue weighted by atomic mass is 16.1. The number of aromatic nitrogens is 1. The zero-order valence-electron chi connectivity index (χ0n) is 10.6. The SMILES string of the molecule is Nc1ccc2[nH]c(C(=O)NC3CC=CCC3)cc2c1. The van der Waals surface area contributed by atoms with Gasteiger partial charge in [0.25, 0.3) is 5.91 Å². The topological polar surface area (TPSA) is 70.9 Å². The lowest BCUT2D eigenvalue weighted by Crippen LogP contribution is -2.35. The van der Waals surface area contributed by atoms with E-state index in [0.29, 0.717) is 11.4 Å². The Morgan fingerprint density at radius 2 is 2.21 bits per heavy atom. The zero-order chi connectivity index (χ0) is 13.2. The molecule has 4 heteroatoms. The predicted octanol–water partition coefficient (Wildman–Crippen LogP) is 2.59. The molecular formula is C15H17N3O. The maximum atomic E-state index is 12.2. The number of carbonyl (C=O) groups excluding carboxylic acids is 1. The molecule has 0 bridgehead atoms. The average molecular weight is 255 g/mol. The molecule has 0 radical (unpaired) electrons. The Morgan fingerprint density at radius 3 is 3.00 bits per heavy atom. The molecule has 0 aliphatic heterocycles. The molecule has 4 N–H and O–H groups in total. The molecule has 1 heterocycles. The summed E-state index contributed by atoms with van der Waals surface area (Å²) in [4.78, 5) is 15.3. The zero-order valence-corrected chi connectivity index (χ0v) is 10.6. The number of H-pyrrole nitrogens is 1. The van der Waals surface area contributed by atoms with Gasteiger partial charge in [0.1, 0.15) is 5.69 Å². The van der Waals surface area contributed by atoms with Crippen molar-refractivity contribution in [2.75, 3.05) is 5.73 Å². The van der Waals surface area contributed by atoms with E-state index < -0.39 is 0 Å². The maximum Gasteiger partial charge on any atom is 0.267 e. The lowest BCUT2D eigenvalue weighted by atomic mass is 10.0. The smallest absolute Gasteiger partial charge is 0.267 e. The van der Waals surface area contributed by atoms with Gasteiger partial charge in [-0.05, 0) is 43.5 Å². The van der Waals surface area contributed by atoms with Gasteiger partial charge in [0.2, 0.25) is 0 Å². The van der Waals surface area contributed by atoms with Gasteiger partial charge in [0, 0.05) is 22.6 Å². The van der Waals surface area contributed by atoms with Crippen molar-refractivity contribution in [3.05, 3.63) is 42.1 Å². The van der Waals surface area contributed by atoms with Crippen molar-refractivity contribution < 1.29 is 4.79 Å². The van der Waals surface area contributed by atoms with E-state index in [2.05, 4.69) is 22.5 Å². The van der Waals surface area contributed by atoms with Gasteiger partial charge in [0.05, 0.1) is 0 Å². The summed E-state index contributed by atoms with van der Waals surface area (Å²) in [7, 11) is 0. The minimum atomic E-state index is -0.0462. The summed E-state index contributed by atoms with van der Waals surface area (Å²) in [5.41, 5.74) is 7.97. The van der Waals surface area contributed by atoms with Gasteiger partial charge >= 0.3 is 0 Å². The first-order chi connectivity index (χ1) is 9.22. The van der Waals surface area contributed by atoms with Crippen molar-refractivity contribution in [3.63, 3.8) is 0 Å². The Bertz CT molecular complexity index is 642. The Kier molecular flexibility index (Phi) is 2.99. The first-order valence-electron chi connectivity index (χ1n) is 6.56. The molecule has 19 heavy (non-hydrogen) atoms. The summed E-state index contributed by atoms with van der Waals surface area (Å²) in [6.07, 6.45) is 7.25.